The standard InChI is InChI=1S/C11H9ClN2OS/c12-6-8(15)11-14-9(10(13)16-11)7-4-2-1-3-5-7/h1-5H,6,13H2. The summed E-state index contributed by atoms with van der Waals surface area (Å²) in [6, 6.07) is 9.52. The van der Waals surface area contributed by atoms with Crippen LogP contribution >= 0.6 is 22.9 Å². The molecule has 0 aliphatic rings. The number of ketones is 1. The molecule has 5 heteroatoms. The van der Waals surface area contributed by atoms with Gasteiger partial charge in [0.1, 0.15) is 10.7 Å². The molecule has 2 N–H and O–H groups in total. The van der Waals surface area contributed by atoms with Crippen molar-refractivity contribution in [1.29, 1.82) is 0 Å². The summed E-state index contributed by atoms with van der Waals surface area (Å²) in [5, 5.41) is 0.908. The van der Waals surface area contributed by atoms with Gasteiger partial charge in [-0.1, -0.05) is 41.7 Å². The van der Waals surface area contributed by atoms with E-state index in [-0.39, 0.29) is 11.7 Å². The molecule has 0 aliphatic carbocycles. The van der Waals surface area contributed by atoms with Crippen molar-refractivity contribution in [2.75, 3.05) is 11.6 Å². The first-order chi connectivity index (χ1) is 7.72. The summed E-state index contributed by atoms with van der Waals surface area (Å²) in [5.74, 6) is -0.262. The van der Waals surface area contributed by atoms with E-state index in [0.29, 0.717) is 15.7 Å². The third-order valence-corrected chi connectivity index (χ3v) is 3.23. The monoisotopic (exact) mass is 252 g/mol. The van der Waals surface area contributed by atoms with Gasteiger partial charge in [-0.3, -0.25) is 4.79 Å². The van der Waals surface area contributed by atoms with Gasteiger partial charge in [-0.25, -0.2) is 4.98 Å². The second-order valence-electron chi connectivity index (χ2n) is 3.15. The zero-order valence-corrected chi connectivity index (χ0v) is 9.89. The second-order valence-corrected chi connectivity index (χ2v) is 4.45. The smallest absolute Gasteiger partial charge is 0.206 e. The van der Waals surface area contributed by atoms with Crippen molar-refractivity contribution in [2.45, 2.75) is 0 Å². The third kappa shape index (κ3) is 2.08. The molecule has 0 radical (unpaired) electrons. The number of nitrogen functional groups attached to an aromatic ring is 1. The summed E-state index contributed by atoms with van der Waals surface area (Å²) in [4.78, 5) is 15.6. The highest BCUT2D eigenvalue weighted by Gasteiger charge is 2.14. The van der Waals surface area contributed by atoms with Gasteiger partial charge in [-0.05, 0) is 0 Å². The molecule has 1 heterocycles. The number of rotatable bonds is 3. The Kier molecular flexibility index (Phi) is 3.22. The predicted molar refractivity (Wildman–Crippen MR) is 67.0 cm³/mol. The number of carbonyl (C=O) groups excluding carboxylic acids is 1. The first kappa shape index (κ1) is 11.1. The molecule has 1 aromatic carbocycles. The number of alkyl halides is 1. The molecule has 0 amide bonds. The maximum Gasteiger partial charge on any atom is 0.206 e. The number of hydrogen-bond acceptors (Lipinski definition) is 4. The Morgan fingerprint density at radius 3 is 2.69 bits per heavy atom. The van der Waals surface area contributed by atoms with Crippen LogP contribution in [0.25, 0.3) is 11.3 Å². The van der Waals surface area contributed by atoms with E-state index < -0.39 is 0 Å². The summed E-state index contributed by atoms with van der Waals surface area (Å²) in [6.07, 6.45) is 0. The lowest BCUT2D eigenvalue weighted by Crippen LogP contribution is -1.98. The lowest BCUT2D eigenvalue weighted by atomic mass is 10.2. The molecular weight excluding hydrogens is 244 g/mol. The summed E-state index contributed by atoms with van der Waals surface area (Å²) in [7, 11) is 0. The molecule has 2 aromatic rings. The van der Waals surface area contributed by atoms with Crippen LogP contribution in [-0.4, -0.2) is 16.6 Å². The number of Topliss-reactive ketones (excluding diaryl/α,β-unsaturated/α-hetero) is 1. The number of carbonyl (C=O) groups is 1. The molecule has 0 spiro atoms. The van der Waals surface area contributed by atoms with E-state index in [4.69, 9.17) is 17.3 Å². The van der Waals surface area contributed by atoms with E-state index in [1.54, 1.807) is 0 Å². The number of halogens is 1. The van der Waals surface area contributed by atoms with Gasteiger partial charge < -0.3 is 5.73 Å². The van der Waals surface area contributed by atoms with E-state index in [2.05, 4.69) is 4.98 Å². The van der Waals surface area contributed by atoms with Crippen molar-refractivity contribution < 1.29 is 4.79 Å². The minimum Gasteiger partial charge on any atom is -0.389 e. The van der Waals surface area contributed by atoms with Crippen molar-refractivity contribution in [3.8, 4) is 11.3 Å². The number of anilines is 1. The Morgan fingerprint density at radius 2 is 2.06 bits per heavy atom. The largest absolute Gasteiger partial charge is 0.389 e. The Balaban J connectivity index is 2.44. The summed E-state index contributed by atoms with van der Waals surface area (Å²) < 4.78 is 0. The predicted octanol–water partition coefficient (Wildman–Crippen LogP) is 2.81. The van der Waals surface area contributed by atoms with Crippen LogP contribution in [0.1, 0.15) is 9.80 Å². The van der Waals surface area contributed by atoms with Gasteiger partial charge >= 0.3 is 0 Å². The minimum atomic E-state index is -0.194. The lowest BCUT2D eigenvalue weighted by Gasteiger charge is -1.96. The van der Waals surface area contributed by atoms with Crippen LogP contribution in [0.5, 0.6) is 0 Å². The molecule has 16 heavy (non-hydrogen) atoms. The van der Waals surface area contributed by atoms with Gasteiger partial charge in [0.15, 0.2) is 5.01 Å². The fourth-order valence-corrected chi connectivity index (χ4v) is 2.31. The fourth-order valence-electron chi connectivity index (χ4n) is 1.31. The van der Waals surface area contributed by atoms with Crippen LogP contribution in [-0.2, 0) is 0 Å². The van der Waals surface area contributed by atoms with E-state index in [1.165, 1.54) is 11.3 Å². The second kappa shape index (κ2) is 4.63. The summed E-state index contributed by atoms with van der Waals surface area (Å²) in [6.45, 7) is 0. The van der Waals surface area contributed by atoms with Gasteiger partial charge in [0.2, 0.25) is 5.78 Å². The number of thiazole rings is 1. The summed E-state index contributed by atoms with van der Waals surface area (Å²) >= 11 is 6.64. The Morgan fingerprint density at radius 1 is 1.38 bits per heavy atom. The molecule has 0 fully saturated rings. The SMILES string of the molecule is Nc1sc(C(=O)CCl)nc1-c1ccccc1. The van der Waals surface area contributed by atoms with Crippen LogP contribution < -0.4 is 5.73 Å². The zero-order chi connectivity index (χ0) is 11.5. The molecule has 0 bridgehead atoms. The Bertz CT molecular complexity index is 510. The lowest BCUT2D eigenvalue weighted by molar-refractivity contribution is 0.102. The molecule has 82 valence electrons. The minimum absolute atomic E-state index is 0.0683. The van der Waals surface area contributed by atoms with Crippen molar-refractivity contribution in [2.24, 2.45) is 0 Å². The molecule has 0 saturated carbocycles. The van der Waals surface area contributed by atoms with Gasteiger partial charge in [-0.15, -0.1) is 11.6 Å². The zero-order valence-electron chi connectivity index (χ0n) is 8.31. The molecule has 0 aliphatic heterocycles. The number of benzene rings is 1. The fraction of sp³-hybridized carbons (Fsp3) is 0.0909. The topological polar surface area (TPSA) is 56.0 Å². The average molecular weight is 253 g/mol. The Hall–Kier alpha value is -1.39. The van der Waals surface area contributed by atoms with Crippen LogP contribution in [0.4, 0.5) is 5.00 Å². The first-order valence-corrected chi connectivity index (χ1v) is 5.98. The van der Waals surface area contributed by atoms with Gasteiger partial charge in [0, 0.05) is 5.56 Å². The molecule has 2 rings (SSSR count). The highest BCUT2D eigenvalue weighted by Crippen LogP contribution is 2.30. The van der Waals surface area contributed by atoms with Crippen molar-refractivity contribution in [3.05, 3.63) is 35.3 Å². The third-order valence-electron chi connectivity index (χ3n) is 2.06. The highest BCUT2D eigenvalue weighted by atomic mass is 35.5. The normalized spacial score (nSPS) is 10.3. The molecule has 3 nitrogen and oxygen atoms in total. The Labute approximate surface area is 102 Å². The van der Waals surface area contributed by atoms with E-state index in [1.807, 2.05) is 30.3 Å². The summed E-state index contributed by atoms with van der Waals surface area (Å²) in [5.41, 5.74) is 7.39. The average Bonchev–Trinajstić information content (AvgIpc) is 2.71. The van der Waals surface area contributed by atoms with E-state index in [0.717, 1.165) is 5.56 Å². The molecule has 0 atom stereocenters. The van der Waals surface area contributed by atoms with Crippen molar-refractivity contribution in [3.63, 3.8) is 0 Å². The van der Waals surface area contributed by atoms with Gasteiger partial charge in [0.25, 0.3) is 0 Å². The number of nitrogens with zero attached hydrogens (tertiary/aromatic N) is 1. The van der Waals surface area contributed by atoms with Crippen molar-refractivity contribution in [1.82, 2.24) is 4.98 Å². The van der Waals surface area contributed by atoms with Gasteiger partial charge in [-0.2, -0.15) is 0 Å². The van der Waals surface area contributed by atoms with E-state index >= 15 is 0 Å². The molecular formula is C11H9ClN2OS. The van der Waals surface area contributed by atoms with Crippen LogP contribution in [0, 0.1) is 0 Å². The molecule has 0 unspecified atom stereocenters. The quantitative estimate of drug-likeness (QED) is 0.675. The highest BCUT2D eigenvalue weighted by molar-refractivity contribution is 7.18. The van der Waals surface area contributed by atoms with Crippen LogP contribution in [0.2, 0.25) is 0 Å². The maximum absolute atomic E-state index is 11.4. The number of aromatic nitrogens is 1. The van der Waals surface area contributed by atoms with Crippen molar-refractivity contribution >= 4 is 33.7 Å². The van der Waals surface area contributed by atoms with Crippen LogP contribution in [0.15, 0.2) is 30.3 Å². The molecule has 0 saturated heterocycles. The van der Waals surface area contributed by atoms with E-state index in [9.17, 15) is 4.79 Å². The number of hydrogen-bond donors (Lipinski definition) is 1. The van der Waals surface area contributed by atoms with Gasteiger partial charge in [0.05, 0.1) is 5.88 Å². The number of nitrogens with two attached hydrogens (primary N) is 1. The molecule has 1 aromatic heterocycles. The van der Waals surface area contributed by atoms with Crippen LogP contribution in [0.3, 0.4) is 0 Å². The maximum atomic E-state index is 11.4. The first-order valence-electron chi connectivity index (χ1n) is 4.63.